The molecule has 3 nitrogen and oxygen atoms in total. The van der Waals surface area contributed by atoms with E-state index in [9.17, 15) is 0 Å². The molecular weight excluding hydrogens is 190 g/mol. The summed E-state index contributed by atoms with van der Waals surface area (Å²) < 4.78 is 0. The van der Waals surface area contributed by atoms with Crippen LogP contribution in [-0.4, -0.2) is 10.9 Å². The van der Waals surface area contributed by atoms with Crippen LogP contribution in [0.15, 0.2) is 0 Å². The van der Waals surface area contributed by atoms with E-state index in [0.29, 0.717) is 5.11 Å². The molecule has 0 saturated carbocycles. The zero-order valence-electron chi connectivity index (χ0n) is 4.72. The first-order chi connectivity index (χ1) is 3.31. The second kappa shape index (κ2) is 7.58. The Balaban J connectivity index is 0. The number of hydrogen-bond donors (Lipinski definition) is 4. The number of nitrogens with two attached hydrogens (primary N) is 2. The first-order valence-electron chi connectivity index (χ1n) is 2.07. The lowest BCUT2D eigenvalue weighted by Gasteiger charge is -1.92. The van der Waals surface area contributed by atoms with Gasteiger partial charge in [0, 0.05) is 0 Å². The zero-order chi connectivity index (χ0) is 5.70. The molecule has 0 spiro atoms. The Hall–Kier alpha value is 0.580. The summed E-state index contributed by atoms with van der Waals surface area (Å²) in [4.78, 5) is 0. The van der Waals surface area contributed by atoms with Gasteiger partial charge in [-0.3, -0.25) is 11.6 Å². The van der Waals surface area contributed by atoms with Crippen LogP contribution >= 0.6 is 28.3 Å². The topological polar surface area (TPSA) is 64.1 Å². The highest BCUT2D eigenvalue weighted by Gasteiger charge is 1.74. The lowest BCUT2D eigenvalue weighted by Crippen LogP contribution is -2.35. The first-order valence-corrected chi connectivity index (χ1v) is 3.15. The van der Waals surface area contributed by atoms with Gasteiger partial charge in [0.15, 0.2) is 0 Å². The Labute approximate surface area is 63.5 Å². The summed E-state index contributed by atoms with van der Waals surface area (Å²) in [7, 11) is 0. The van der Waals surface area contributed by atoms with Crippen LogP contribution in [0.25, 0.3) is 0 Å². The molecule has 0 radical (unpaired) electrons. The van der Waals surface area contributed by atoms with Crippen molar-refractivity contribution in [3.05, 3.63) is 0 Å². The summed E-state index contributed by atoms with van der Waals surface area (Å²) in [5.41, 5.74) is 7.60. The summed E-state index contributed by atoms with van der Waals surface area (Å²) in [6, 6.07) is 0. The molecule has 0 heterocycles. The Morgan fingerprint density at radius 3 is 2.38 bits per heavy atom. The number of nitrogens with one attached hydrogen (secondary N) is 1. The minimum absolute atomic E-state index is 0. The van der Waals surface area contributed by atoms with Gasteiger partial charge in [-0.15, -0.1) is 17.0 Å². The van der Waals surface area contributed by atoms with E-state index in [1.165, 1.54) is 0 Å². The van der Waals surface area contributed by atoms with Gasteiger partial charge in [-0.05, 0) is 5.75 Å². The summed E-state index contributed by atoms with van der Waals surface area (Å²) in [5.74, 6) is 5.95. The molecule has 0 atom stereocenters. The second-order valence-electron chi connectivity index (χ2n) is 1.00. The van der Waals surface area contributed by atoms with Crippen molar-refractivity contribution in [3.63, 3.8) is 0 Å². The Morgan fingerprint density at radius 1 is 1.75 bits per heavy atom. The van der Waals surface area contributed by atoms with Gasteiger partial charge in [-0.25, -0.2) is 5.43 Å². The smallest absolute Gasteiger partial charge is 0.0909 e. The molecule has 0 amide bonds. The SMILES string of the molecule is Br.CC[SH]=C(N)NN. The maximum Gasteiger partial charge on any atom is 0.0909 e. The molecule has 0 unspecified atom stereocenters. The second-order valence-corrected chi connectivity index (χ2v) is 2.43. The van der Waals surface area contributed by atoms with Gasteiger partial charge in [0.05, 0.1) is 5.11 Å². The van der Waals surface area contributed by atoms with Crippen molar-refractivity contribution < 1.29 is 0 Å². The van der Waals surface area contributed by atoms with Crippen molar-refractivity contribution in [2.24, 2.45) is 11.6 Å². The lowest BCUT2D eigenvalue weighted by molar-refractivity contribution is 1.03. The molecule has 0 saturated heterocycles. The monoisotopic (exact) mass is 201 g/mol. The quantitative estimate of drug-likeness (QED) is 0.202. The third-order valence-electron chi connectivity index (χ3n) is 0.476. The summed E-state index contributed by atoms with van der Waals surface area (Å²) in [6.45, 7) is 2.03. The fraction of sp³-hybridized carbons (Fsp3) is 0.667. The van der Waals surface area contributed by atoms with Gasteiger partial charge in [0.25, 0.3) is 0 Å². The first kappa shape index (κ1) is 11.4. The Kier molecular flexibility index (Phi) is 10.8. The van der Waals surface area contributed by atoms with Gasteiger partial charge in [-0.1, -0.05) is 6.92 Å². The third kappa shape index (κ3) is 6.58. The minimum Gasteiger partial charge on any atom is -0.288 e. The number of halogens is 1. The average molecular weight is 202 g/mol. The van der Waals surface area contributed by atoms with Gasteiger partial charge < -0.3 is 0 Å². The van der Waals surface area contributed by atoms with E-state index in [2.05, 4.69) is 5.43 Å². The van der Waals surface area contributed by atoms with E-state index < -0.39 is 0 Å². The van der Waals surface area contributed by atoms with E-state index in [1.54, 1.807) is 0 Å². The molecule has 5 N–H and O–H groups in total. The van der Waals surface area contributed by atoms with Crippen LogP contribution in [0.2, 0.25) is 0 Å². The lowest BCUT2D eigenvalue weighted by atomic mass is 11.0. The highest BCUT2D eigenvalue weighted by molar-refractivity contribution is 8.93. The van der Waals surface area contributed by atoms with E-state index in [0.717, 1.165) is 17.1 Å². The molecule has 8 heavy (non-hydrogen) atoms. The highest BCUT2D eigenvalue weighted by Crippen LogP contribution is 1.78. The van der Waals surface area contributed by atoms with Crippen LogP contribution in [0.4, 0.5) is 0 Å². The fourth-order valence-electron chi connectivity index (χ4n) is 0.216. The summed E-state index contributed by atoms with van der Waals surface area (Å²) in [5, 5.41) is 0.627. The van der Waals surface area contributed by atoms with Gasteiger partial charge in [-0.2, -0.15) is 11.4 Å². The minimum atomic E-state index is 0. The van der Waals surface area contributed by atoms with Crippen molar-refractivity contribution in [1.29, 1.82) is 0 Å². The molecular formula is C3H12BrN3S. The highest BCUT2D eigenvalue weighted by atomic mass is 79.9. The molecule has 0 bridgehead atoms. The van der Waals surface area contributed by atoms with Gasteiger partial charge in [0.2, 0.25) is 0 Å². The molecule has 0 fully saturated rings. The van der Waals surface area contributed by atoms with Crippen molar-refractivity contribution >= 4 is 33.4 Å². The number of hydrazine groups is 1. The predicted octanol–water partition coefficient (Wildman–Crippen LogP) is -0.441. The molecule has 0 aliphatic heterocycles. The fourth-order valence-corrected chi connectivity index (χ4v) is 0.648. The van der Waals surface area contributed by atoms with Crippen LogP contribution in [-0.2, 0) is 0 Å². The van der Waals surface area contributed by atoms with Crippen molar-refractivity contribution in [3.8, 4) is 0 Å². The third-order valence-corrected chi connectivity index (χ3v) is 1.26. The summed E-state index contributed by atoms with van der Waals surface area (Å²) >= 11 is 1.07. The maximum atomic E-state index is 5.25. The van der Waals surface area contributed by atoms with Crippen molar-refractivity contribution in [1.82, 2.24) is 5.43 Å². The molecule has 0 aromatic carbocycles. The Morgan fingerprint density at radius 2 is 2.25 bits per heavy atom. The van der Waals surface area contributed by atoms with Gasteiger partial charge >= 0.3 is 0 Å². The van der Waals surface area contributed by atoms with Crippen LogP contribution in [0.1, 0.15) is 6.92 Å². The largest absolute Gasteiger partial charge is 0.288 e. The molecule has 0 aliphatic carbocycles. The van der Waals surface area contributed by atoms with Crippen molar-refractivity contribution in [2.75, 3.05) is 5.75 Å². The number of hydrogen-bond acceptors (Lipinski definition) is 1. The molecule has 0 aromatic rings. The number of rotatable bonds is 1. The average Bonchev–Trinajstić information content (AvgIpc) is 1.68. The van der Waals surface area contributed by atoms with Crippen LogP contribution < -0.4 is 17.0 Å². The molecule has 0 aromatic heterocycles. The molecule has 5 heteroatoms. The van der Waals surface area contributed by atoms with Crippen LogP contribution in [0.3, 0.4) is 0 Å². The standard InChI is InChI=1S/C3H11N3S.BrH/c1-2-7-3(4)6-5;/h6-7H,2,4-5H2,1H3;1H. The normalized spacial score (nSPS) is 11.6. The van der Waals surface area contributed by atoms with Gasteiger partial charge in [0.1, 0.15) is 0 Å². The Bertz CT molecular complexity index is 74.9. The molecule has 52 valence electrons. The van der Waals surface area contributed by atoms with Crippen LogP contribution in [0.5, 0.6) is 0 Å². The summed E-state index contributed by atoms with van der Waals surface area (Å²) in [6.07, 6.45) is 0. The van der Waals surface area contributed by atoms with Crippen LogP contribution in [0, 0.1) is 0 Å². The predicted molar refractivity (Wildman–Crippen MR) is 46.4 cm³/mol. The maximum absolute atomic E-state index is 5.25. The molecule has 0 aliphatic rings. The van der Waals surface area contributed by atoms with E-state index >= 15 is 0 Å². The van der Waals surface area contributed by atoms with Crippen molar-refractivity contribution in [2.45, 2.75) is 6.92 Å². The number of thiol groups is 1. The van der Waals surface area contributed by atoms with E-state index in [1.807, 2.05) is 6.92 Å². The molecule has 0 rings (SSSR count). The van der Waals surface area contributed by atoms with E-state index in [-0.39, 0.29) is 17.0 Å². The zero-order valence-corrected chi connectivity index (χ0v) is 7.32. The van der Waals surface area contributed by atoms with E-state index in [4.69, 9.17) is 11.6 Å².